The van der Waals surface area contributed by atoms with Crippen LogP contribution in [0.2, 0.25) is 0 Å². The predicted molar refractivity (Wildman–Crippen MR) is 97.2 cm³/mol. The van der Waals surface area contributed by atoms with Crippen LogP contribution >= 0.6 is 0 Å². The number of benzene rings is 2. The minimum absolute atomic E-state index is 0.0902. The van der Waals surface area contributed by atoms with Crippen LogP contribution in [-0.2, 0) is 11.3 Å². The summed E-state index contributed by atoms with van der Waals surface area (Å²) in [6.45, 7) is 3.22. The summed E-state index contributed by atoms with van der Waals surface area (Å²) in [5, 5.41) is 3.87. The molecule has 0 saturated heterocycles. The number of carbonyl (C=O) groups is 1. The molecule has 25 heavy (non-hydrogen) atoms. The Morgan fingerprint density at radius 2 is 2.04 bits per heavy atom. The van der Waals surface area contributed by atoms with Gasteiger partial charge in [0.05, 0.1) is 16.9 Å². The fraction of sp³-hybridized carbons (Fsp3) is 0.200. The molecule has 1 aromatic heterocycles. The van der Waals surface area contributed by atoms with Crippen LogP contribution < -0.4 is 10.2 Å². The van der Waals surface area contributed by atoms with E-state index in [9.17, 15) is 9.18 Å². The average molecular weight is 335 g/mol. The largest absolute Gasteiger partial charge is 0.365 e. The molecule has 1 amide bonds. The van der Waals surface area contributed by atoms with Crippen molar-refractivity contribution in [2.24, 2.45) is 0 Å². The highest BCUT2D eigenvalue weighted by Gasteiger charge is 2.19. The van der Waals surface area contributed by atoms with Crippen molar-refractivity contribution < 1.29 is 9.18 Å². The molecule has 126 valence electrons. The summed E-state index contributed by atoms with van der Waals surface area (Å²) in [7, 11) is 0. The molecule has 2 heterocycles. The third-order valence-electron chi connectivity index (χ3n) is 4.45. The smallest absolute Gasteiger partial charge is 0.226 e. The van der Waals surface area contributed by atoms with E-state index in [1.807, 2.05) is 19.1 Å². The van der Waals surface area contributed by atoms with Crippen LogP contribution in [0.4, 0.5) is 15.8 Å². The summed E-state index contributed by atoms with van der Waals surface area (Å²) < 4.78 is 13.5. The van der Waals surface area contributed by atoms with E-state index in [2.05, 4.69) is 33.4 Å². The Balaban J connectivity index is 1.68. The summed E-state index contributed by atoms with van der Waals surface area (Å²) in [6.07, 6.45) is 0.380. The molecule has 1 N–H and O–H groups in total. The second-order valence-corrected chi connectivity index (χ2v) is 6.36. The zero-order valence-corrected chi connectivity index (χ0v) is 13.9. The molecule has 0 radical (unpaired) electrons. The number of amides is 1. The number of hydrogen-bond acceptors (Lipinski definition) is 3. The first kappa shape index (κ1) is 15.6. The summed E-state index contributed by atoms with van der Waals surface area (Å²) in [4.78, 5) is 18.5. The van der Waals surface area contributed by atoms with Gasteiger partial charge in [-0.05, 0) is 48.9 Å². The highest BCUT2D eigenvalue weighted by atomic mass is 19.1. The Morgan fingerprint density at radius 3 is 2.92 bits per heavy atom. The minimum Gasteiger partial charge on any atom is -0.365 e. The second-order valence-electron chi connectivity index (χ2n) is 6.36. The Hall–Kier alpha value is -2.95. The van der Waals surface area contributed by atoms with E-state index in [4.69, 9.17) is 0 Å². The summed E-state index contributed by atoms with van der Waals surface area (Å²) >= 11 is 0. The number of hydrogen-bond donors (Lipinski definition) is 1. The molecule has 1 aliphatic heterocycles. The molecule has 0 saturated carbocycles. The normalized spacial score (nSPS) is 14.2. The number of anilines is 2. The number of halogens is 1. The van der Waals surface area contributed by atoms with E-state index < -0.39 is 0 Å². The molecule has 0 unspecified atom stereocenters. The van der Waals surface area contributed by atoms with Crippen LogP contribution in [0.5, 0.6) is 0 Å². The first-order valence-electron chi connectivity index (χ1n) is 8.29. The molecule has 0 atom stereocenters. The van der Waals surface area contributed by atoms with Gasteiger partial charge in [0, 0.05) is 30.6 Å². The van der Waals surface area contributed by atoms with Crippen LogP contribution in [0, 0.1) is 12.7 Å². The molecule has 4 nitrogen and oxygen atoms in total. The lowest BCUT2D eigenvalue weighted by Crippen LogP contribution is -2.24. The van der Waals surface area contributed by atoms with Gasteiger partial charge in [-0.1, -0.05) is 12.1 Å². The summed E-state index contributed by atoms with van der Waals surface area (Å²) in [5.41, 5.74) is 4.46. The van der Waals surface area contributed by atoms with Crippen molar-refractivity contribution in [3.8, 4) is 0 Å². The Kier molecular flexibility index (Phi) is 3.84. The SMILES string of the molecule is Cc1ccc2cc(CN3CCC(=O)Nc4cc(F)ccc43)ccc2n1. The first-order chi connectivity index (χ1) is 12.1. The van der Waals surface area contributed by atoms with Gasteiger partial charge in [-0.15, -0.1) is 0 Å². The first-order valence-corrected chi connectivity index (χ1v) is 8.29. The van der Waals surface area contributed by atoms with Gasteiger partial charge in [-0.2, -0.15) is 0 Å². The Bertz CT molecular complexity index is 970. The molecule has 0 fully saturated rings. The minimum atomic E-state index is -0.354. The fourth-order valence-corrected chi connectivity index (χ4v) is 3.21. The molecule has 2 aromatic carbocycles. The lowest BCUT2D eigenvalue weighted by Gasteiger charge is -2.24. The van der Waals surface area contributed by atoms with Crippen LogP contribution in [-0.4, -0.2) is 17.4 Å². The maximum Gasteiger partial charge on any atom is 0.226 e. The number of nitrogens with zero attached hydrogens (tertiary/aromatic N) is 2. The van der Waals surface area contributed by atoms with Crippen molar-refractivity contribution in [2.75, 3.05) is 16.8 Å². The maximum atomic E-state index is 13.5. The third-order valence-corrected chi connectivity index (χ3v) is 4.45. The molecule has 3 aromatic rings. The van der Waals surface area contributed by atoms with Gasteiger partial charge in [0.1, 0.15) is 5.82 Å². The van der Waals surface area contributed by atoms with Gasteiger partial charge < -0.3 is 10.2 Å². The van der Waals surface area contributed by atoms with Gasteiger partial charge >= 0.3 is 0 Å². The molecule has 1 aliphatic rings. The van der Waals surface area contributed by atoms with E-state index >= 15 is 0 Å². The van der Waals surface area contributed by atoms with Gasteiger partial charge in [0.25, 0.3) is 0 Å². The van der Waals surface area contributed by atoms with Crippen molar-refractivity contribution in [3.63, 3.8) is 0 Å². The van der Waals surface area contributed by atoms with Crippen LogP contribution in [0.25, 0.3) is 10.9 Å². The number of fused-ring (bicyclic) bond motifs is 2. The molecular weight excluding hydrogens is 317 g/mol. The number of aromatic nitrogens is 1. The van der Waals surface area contributed by atoms with Crippen molar-refractivity contribution in [3.05, 3.63) is 65.6 Å². The number of aryl methyl sites for hydroxylation is 1. The highest BCUT2D eigenvalue weighted by molar-refractivity contribution is 5.96. The van der Waals surface area contributed by atoms with Crippen molar-refractivity contribution in [1.82, 2.24) is 4.98 Å². The second kappa shape index (κ2) is 6.16. The Morgan fingerprint density at radius 1 is 1.16 bits per heavy atom. The van der Waals surface area contributed by atoms with E-state index in [-0.39, 0.29) is 11.7 Å². The quantitative estimate of drug-likeness (QED) is 0.769. The van der Waals surface area contributed by atoms with Gasteiger partial charge in [-0.3, -0.25) is 9.78 Å². The van der Waals surface area contributed by atoms with Crippen LogP contribution in [0.1, 0.15) is 17.7 Å². The number of rotatable bonds is 2. The summed E-state index contributed by atoms with van der Waals surface area (Å²) in [5.74, 6) is -0.444. The fourth-order valence-electron chi connectivity index (χ4n) is 3.21. The lowest BCUT2D eigenvalue weighted by atomic mass is 10.1. The van der Waals surface area contributed by atoms with Crippen LogP contribution in [0.15, 0.2) is 48.5 Å². The number of carbonyl (C=O) groups excluding carboxylic acids is 1. The molecule has 5 heteroatoms. The number of nitrogens with one attached hydrogen (secondary N) is 1. The lowest BCUT2D eigenvalue weighted by molar-refractivity contribution is -0.115. The monoisotopic (exact) mass is 335 g/mol. The summed E-state index contributed by atoms with van der Waals surface area (Å²) in [6, 6.07) is 14.8. The van der Waals surface area contributed by atoms with E-state index in [1.54, 1.807) is 6.07 Å². The van der Waals surface area contributed by atoms with E-state index in [0.29, 0.717) is 25.2 Å². The zero-order valence-electron chi connectivity index (χ0n) is 13.9. The third kappa shape index (κ3) is 3.18. The zero-order chi connectivity index (χ0) is 17.4. The molecular formula is C20H18FN3O. The van der Waals surface area contributed by atoms with E-state index in [1.165, 1.54) is 12.1 Å². The molecule has 4 rings (SSSR count). The van der Waals surface area contributed by atoms with Gasteiger partial charge in [0.2, 0.25) is 5.91 Å². The maximum absolute atomic E-state index is 13.5. The topological polar surface area (TPSA) is 45.2 Å². The average Bonchev–Trinajstić information content (AvgIpc) is 2.73. The number of pyridine rings is 1. The van der Waals surface area contributed by atoms with Crippen molar-refractivity contribution >= 4 is 28.2 Å². The predicted octanol–water partition coefficient (Wildman–Crippen LogP) is 4.03. The Labute approximate surface area is 145 Å². The highest BCUT2D eigenvalue weighted by Crippen LogP contribution is 2.31. The van der Waals surface area contributed by atoms with Crippen molar-refractivity contribution in [1.29, 1.82) is 0 Å². The standard InChI is InChI=1S/C20H18FN3O/c1-13-2-4-15-10-14(3-6-17(15)22-13)12-24-9-8-20(25)23-18-11-16(21)5-7-19(18)24/h2-7,10-11H,8-9,12H2,1H3,(H,23,25). The molecule has 0 bridgehead atoms. The molecule has 0 spiro atoms. The van der Waals surface area contributed by atoms with E-state index in [0.717, 1.165) is 27.8 Å². The van der Waals surface area contributed by atoms with Crippen molar-refractivity contribution in [2.45, 2.75) is 19.9 Å². The molecule has 0 aliphatic carbocycles. The van der Waals surface area contributed by atoms with Gasteiger partial charge in [0.15, 0.2) is 0 Å². The van der Waals surface area contributed by atoms with Crippen LogP contribution in [0.3, 0.4) is 0 Å². The van der Waals surface area contributed by atoms with Gasteiger partial charge in [-0.25, -0.2) is 4.39 Å².